The fourth-order valence-corrected chi connectivity index (χ4v) is 0. The molecule has 0 radical (unpaired) electrons. The molecule has 0 saturated heterocycles. The quantitative estimate of drug-likeness (QED) is 0.497. The average molecular weight is 166 g/mol. The second-order valence-electron chi connectivity index (χ2n) is 0. The molecule has 0 heterocycles. The summed E-state index contributed by atoms with van der Waals surface area (Å²) in [7, 11) is 0. The second-order valence-corrected chi connectivity index (χ2v) is 0. The molecule has 0 fully saturated rings. The first kappa shape index (κ1) is 9.13. The third-order valence-electron chi connectivity index (χ3n) is 0. The number of hydrogen-bond donors (Lipinski definition) is 0. The summed E-state index contributed by atoms with van der Waals surface area (Å²) in [5.41, 5.74) is 0. The van der Waals surface area contributed by atoms with E-state index >= 15 is 0 Å². The zero-order chi connectivity index (χ0) is 4.00. The van der Waals surface area contributed by atoms with Crippen LogP contribution < -0.4 is 0 Å². The van der Waals surface area contributed by atoms with Crippen molar-refractivity contribution in [2.45, 2.75) is 0 Å². The van der Waals surface area contributed by atoms with Crippen LogP contribution in [0.2, 0.25) is 0 Å². The standard InChI is InChI=1S/2O.Sc.Y. The molecule has 0 spiro atoms. The Balaban J connectivity index is 0. The number of hydrogen-bond acceptors (Lipinski definition) is 2. The Kier molecular flexibility index (Phi) is 53.8. The maximum absolute atomic E-state index is 8.38. The molecule has 0 aliphatic carbocycles. The van der Waals surface area contributed by atoms with E-state index in [1.54, 1.807) is 0 Å². The van der Waals surface area contributed by atoms with E-state index in [0.29, 0.717) is 24.4 Å². The third-order valence-corrected chi connectivity index (χ3v) is 0. The molecule has 4 heavy (non-hydrogen) atoms. The van der Waals surface area contributed by atoms with Gasteiger partial charge in [-0.2, -0.15) is 0 Å². The van der Waals surface area contributed by atoms with E-state index in [0.717, 1.165) is 0 Å². The SMILES string of the molecule is [O]=[Sc].[O]=[Y]. The van der Waals surface area contributed by atoms with E-state index < -0.39 is 0 Å². The number of rotatable bonds is 0. The van der Waals surface area contributed by atoms with Crippen LogP contribution in [0.25, 0.3) is 0 Å². The van der Waals surface area contributed by atoms with Crippen molar-refractivity contribution >= 4 is 0 Å². The summed E-state index contributed by atoms with van der Waals surface area (Å²) >= 11 is 0.538. The molecule has 0 aliphatic heterocycles. The van der Waals surface area contributed by atoms with Crippen LogP contribution in [-0.2, 0) is 60.3 Å². The van der Waals surface area contributed by atoms with E-state index in [9.17, 15) is 0 Å². The summed E-state index contributed by atoms with van der Waals surface area (Å²) in [5, 5.41) is 0. The molecule has 2 nitrogen and oxygen atoms in total. The Morgan fingerprint density at radius 1 is 1.25 bits per heavy atom. The minimum absolute atomic E-state index is 0.100. The molecule has 18 valence electrons. The van der Waals surface area contributed by atoms with E-state index in [4.69, 9.17) is 4.90 Å². The third kappa shape index (κ3) is 9.56. The minimum atomic E-state index is 0.100. The molecule has 0 unspecified atom stereocenters. The van der Waals surface area contributed by atoms with Gasteiger partial charge >= 0.3 is 60.3 Å². The summed E-state index contributed by atoms with van der Waals surface area (Å²) in [6, 6.07) is 0. The molecule has 0 aliphatic rings. The molecular formula is O2ScY. The fraction of sp³-hybridized carbons (Fsp3) is 0. The molecule has 4 heteroatoms. The first-order valence-electron chi connectivity index (χ1n) is 0.471. The van der Waals surface area contributed by atoms with Gasteiger partial charge < -0.3 is 0 Å². The van der Waals surface area contributed by atoms with Gasteiger partial charge in [-0.1, -0.05) is 0 Å². The van der Waals surface area contributed by atoms with Crippen LogP contribution in [0.1, 0.15) is 0 Å². The average Bonchev–Trinajstić information content (AvgIpc) is 1.50. The monoisotopic (exact) mass is 166 g/mol. The van der Waals surface area contributed by atoms with Crippen molar-refractivity contribution in [3.8, 4) is 0 Å². The van der Waals surface area contributed by atoms with E-state index in [1.807, 2.05) is 0 Å². The van der Waals surface area contributed by atoms with Gasteiger partial charge in [-0.25, -0.2) is 0 Å². The van der Waals surface area contributed by atoms with Crippen LogP contribution in [0.4, 0.5) is 0 Å². The molecule has 0 atom stereocenters. The van der Waals surface area contributed by atoms with Gasteiger partial charge in [-0.15, -0.1) is 0 Å². The molecule has 0 saturated carbocycles. The van der Waals surface area contributed by atoms with Crippen LogP contribution >= 0.6 is 0 Å². The first-order chi connectivity index (χ1) is 2.00. The van der Waals surface area contributed by atoms with Crippen molar-refractivity contribution in [2.24, 2.45) is 0 Å². The predicted octanol–water partition coefficient (Wildman–Crippen LogP) is -0.243. The molecule has 0 aromatic rings. The zero-order valence-corrected chi connectivity index (χ0v) is 6.61. The van der Waals surface area contributed by atoms with Crippen LogP contribution in [0.3, 0.4) is 0 Å². The molecule has 0 aromatic carbocycles. The Bertz CT molecular complexity index is 8.00. The zero-order valence-electron chi connectivity index (χ0n) is 1.97. The van der Waals surface area contributed by atoms with Crippen LogP contribution in [0.15, 0.2) is 0 Å². The summed E-state index contributed by atoms with van der Waals surface area (Å²) in [4.78, 5) is 0. The van der Waals surface area contributed by atoms with E-state index in [2.05, 4.69) is 0 Å². The molecular weight excluding hydrogens is 166 g/mol. The van der Waals surface area contributed by atoms with Crippen molar-refractivity contribution in [2.75, 3.05) is 0 Å². The van der Waals surface area contributed by atoms with Gasteiger partial charge in [0, 0.05) is 0 Å². The Hall–Kier alpha value is 1.57. The van der Waals surface area contributed by atoms with Gasteiger partial charge in [0.2, 0.25) is 0 Å². The molecule has 0 bridgehead atoms. The second kappa shape index (κ2) is 23.6. The topological polar surface area (TPSA) is 34.1 Å². The molecule has 0 N–H and O–H groups in total. The Morgan fingerprint density at radius 3 is 1.25 bits per heavy atom. The van der Waals surface area contributed by atoms with Crippen LogP contribution in [0.5, 0.6) is 0 Å². The van der Waals surface area contributed by atoms with E-state index in [1.165, 1.54) is 0 Å². The van der Waals surface area contributed by atoms with Gasteiger partial charge in [0.1, 0.15) is 0 Å². The van der Waals surface area contributed by atoms with Crippen molar-refractivity contribution in [3.05, 3.63) is 0 Å². The Labute approximate surface area is 59.4 Å². The van der Waals surface area contributed by atoms with Gasteiger partial charge in [0.05, 0.1) is 0 Å². The van der Waals surface area contributed by atoms with Crippen molar-refractivity contribution < 1.29 is 60.3 Å². The van der Waals surface area contributed by atoms with Gasteiger partial charge in [0.15, 0.2) is 0 Å². The summed E-state index contributed by atoms with van der Waals surface area (Å²) < 4.78 is 16.7. The normalized spacial score (nSPS) is 3.00. The maximum atomic E-state index is 8.38. The Morgan fingerprint density at radius 2 is 1.25 bits per heavy atom. The van der Waals surface area contributed by atoms with Gasteiger partial charge in [-0.3, -0.25) is 0 Å². The first-order valence-corrected chi connectivity index (χ1v) is 2.37. The summed E-state index contributed by atoms with van der Waals surface area (Å²) in [6.07, 6.45) is 0. The van der Waals surface area contributed by atoms with Crippen molar-refractivity contribution in [1.29, 1.82) is 0 Å². The van der Waals surface area contributed by atoms with Crippen LogP contribution in [-0.4, -0.2) is 0 Å². The molecule has 0 amide bonds. The summed E-state index contributed by atoms with van der Waals surface area (Å²) in [6.45, 7) is 0. The van der Waals surface area contributed by atoms with Crippen LogP contribution in [0, 0.1) is 0 Å². The van der Waals surface area contributed by atoms with Gasteiger partial charge in [0.25, 0.3) is 0 Å². The van der Waals surface area contributed by atoms with E-state index in [-0.39, 0.29) is 31.0 Å². The van der Waals surface area contributed by atoms with Gasteiger partial charge in [-0.05, 0) is 0 Å². The van der Waals surface area contributed by atoms with Crippen molar-refractivity contribution in [3.63, 3.8) is 0 Å². The van der Waals surface area contributed by atoms with Crippen molar-refractivity contribution in [1.82, 2.24) is 0 Å². The molecule has 0 rings (SSSR count). The molecule has 0 aromatic heterocycles. The fourth-order valence-electron chi connectivity index (χ4n) is 0. The summed E-state index contributed by atoms with van der Waals surface area (Å²) in [5.74, 6) is 0. The predicted molar refractivity (Wildman–Crippen MR) is 1.37 cm³/mol.